The number of benzene rings is 1. The Kier molecular flexibility index (Phi) is 4.96. The number of nitrogens with zero attached hydrogens (tertiary/aromatic N) is 2. The molecule has 0 spiro atoms. The number of aromatic nitrogens is 4. The third-order valence-corrected chi connectivity index (χ3v) is 4.26. The highest BCUT2D eigenvalue weighted by Crippen LogP contribution is 2.17. The van der Waals surface area contributed by atoms with Crippen LogP contribution in [0, 0.1) is 4.77 Å². The van der Waals surface area contributed by atoms with Crippen molar-refractivity contribution in [1.29, 1.82) is 0 Å². The van der Waals surface area contributed by atoms with Crippen LogP contribution in [0.3, 0.4) is 0 Å². The Balaban J connectivity index is 1.79. The fourth-order valence-corrected chi connectivity index (χ4v) is 2.84. The molecule has 3 N–H and O–H groups in total. The van der Waals surface area contributed by atoms with Gasteiger partial charge in [-0.2, -0.15) is 0 Å². The van der Waals surface area contributed by atoms with Gasteiger partial charge in [-0.05, 0) is 36.5 Å². The van der Waals surface area contributed by atoms with Gasteiger partial charge < -0.3 is 24.1 Å². The molecule has 0 saturated carbocycles. The van der Waals surface area contributed by atoms with Crippen LogP contribution in [0.15, 0.2) is 33.9 Å². The van der Waals surface area contributed by atoms with Crippen LogP contribution >= 0.6 is 12.2 Å². The van der Waals surface area contributed by atoms with Crippen molar-refractivity contribution in [2.45, 2.75) is 12.6 Å². The largest absolute Gasteiger partial charge is 0.497 e. The predicted octanol–water partition coefficient (Wildman–Crippen LogP) is 0.534. The SMILES string of the molecule is COc1ccc(OCC(O)Cn2c(=S)[nH]c3c2c(=O)[nH]c(=O)n3C)cc1. The summed E-state index contributed by atoms with van der Waals surface area (Å²) in [6, 6.07) is 6.95. The summed E-state index contributed by atoms with van der Waals surface area (Å²) in [4.78, 5) is 28.8. The van der Waals surface area contributed by atoms with Crippen LogP contribution in [0.1, 0.15) is 0 Å². The van der Waals surface area contributed by atoms with Gasteiger partial charge in [0.2, 0.25) is 0 Å². The monoisotopic (exact) mass is 378 g/mol. The molecule has 2 aromatic heterocycles. The molecule has 0 aliphatic rings. The number of ether oxygens (including phenoxy) is 2. The number of nitrogens with one attached hydrogen (secondary N) is 2. The summed E-state index contributed by atoms with van der Waals surface area (Å²) in [6.45, 7) is 0.0424. The third kappa shape index (κ3) is 3.41. The quantitative estimate of drug-likeness (QED) is 0.539. The van der Waals surface area contributed by atoms with Gasteiger partial charge in [0.25, 0.3) is 5.56 Å². The molecule has 1 aromatic carbocycles. The average molecular weight is 378 g/mol. The molecule has 138 valence electrons. The minimum Gasteiger partial charge on any atom is -0.497 e. The third-order valence-electron chi connectivity index (χ3n) is 3.94. The van der Waals surface area contributed by atoms with E-state index in [1.807, 2.05) is 0 Å². The molecule has 0 aliphatic carbocycles. The van der Waals surface area contributed by atoms with Crippen molar-refractivity contribution >= 4 is 23.4 Å². The van der Waals surface area contributed by atoms with Crippen molar-refractivity contribution in [3.05, 3.63) is 49.9 Å². The summed E-state index contributed by atoms with van der Waals surface area (Å²) in [5, 5.41) is 10.3. The Bertz CT molecular complexity index is 1090. The van der Waals surface area contributed by atoms with Crippen LogP contribution in [0.2, 0.25) is 0 Å². The summed E-state index contributed by atoms with van der Waals surface area (Å²) >= 11 is 5.21. The molecule has 0 bridgehead atoms. The van der Waals surface area contributed by atoms with E-state index >= 15 is 0 Å². The molecule has 1 atom stereocenters. The zero-order valence-electron chi connectivity index (χ0n) is 14.2. The lowest BCUT2D eigenvalue weighted by Crippen LogP contribution is -2.30. The first-order valence-corrected chi connectivity index (χ1v) is 8.18. The van der Waals surface area contributed by atoms with Crippen molar-refractivity contribution in [3.63, 3.8) is 0 Å². The Hall–Kier alpha value is -2.85. The lowest BCUT2D eigenvalue weighted by molar-refractivity contribution is 0.0930. The van der Waals surface area contributed by atoms with Gasteiger partial charge in [-0.1, -0.05) is 0 Å². The summed E-state index contributed by atoms with van der Waals surface area (Å²) < 4.78 is 13.5. The number of aliphatic hydroxyl groups excluding tert-OH is 1. The number of rotatable bonds is 6. The van der Waals surface area contributed by atoms with Crippen LogP contribution < -0.4 is 20.7 Å². The number of imidazole rings is 1. The van der Waals surface area contributed by atoms with Gasteiger partial charge >= 0.3 is 5.69 Å². The average Bonchev–Trinajstić information content (AvgIpc) is 2.95. The van der Waals surface area contributed by atoms with E-state index in [1.54, 1.807) is 31.4 Å². The molecule has 2 heterocycles. The van der Waals surface area contributed by atoms with Gasteiger partial charge in [0.05, 0.1) is 13.7 Å². The van der Waals surface area contributed by atoms with Crippen molar-refractivity contribution < 1.29 is 14.6 Å². The highest BCUT2D eigenvalue weighted by molar-refractivity contribution is 7.71. The highest BCUT2D eigenvalue weighted by Gasteiger charge is 2.16. The first kappa shape index (κ1) is 18.0. The van der Waals surface area contributed by atoms with E-state index in [-0.39, 0.29) is 23.4 Å². The topological polar surface area (TPSA) is 114 Å². The summed E-state index contributed by atoms with van der Waals surface area (Å²) in [5.41, 5.74) is -0.624. The molecule has 0 saturated heterocycles. The number of aromatic amines is 2. The Morgan fingerprint density at radius 3 is 2.50 bits per heavy atom. The van der Waals surface area contributed by atoms with E-state index in [2.05, 4.69) is 9.97 Å². The first-order chi connectivity index (χ1) is 12.4. The van der Waals surface area contributed by atoms with Gasteiger partial charge in [-0.15, -0.1) is 0 Å². The second kappa shape index (κ2) is 7.18. The fraction of sp³-hybridized carbons (Fsp3) is 0.312. The Morgan fingerprint density at radius 1 is 1.19 bits per heavy atom. The standard InChI is InChI=1S/C16H18N4O5S/c1-19-13-12(14(22)18-15(19)23)20(16(26)17-13)7-9(21)8-25-11-5-3-10(24-2)4-6-11/h3-6,9,21H,7-8H2,1-2H3,(H,17,26)(H,18,22,23). The van der Waals surface area contributed by atoms with E-state index in [9.17, 15) is 14.7 Å². The Morgan fingerprint density at radius 2 is 1.85 bits per heavy atom. The van der Waals surface area contributed by atoms with Crippen molar-refractivity contribution in [2.24, 2.45) is 7.05 Å². The maximum atomic E-state index is 12.1. The molecule has 9 nitrogen and oxygen atoms in total. The first-order valence-electron chi connectivity index (χ1n) is 7.77. The zero-order chi connectivity index (χ0) is 18.8. The zero-order valence-corrected chi connectivity index (χ0v) is 15.0. The lowest BCUT2D eigenvalue weighted by Gasteiger charge is -2.13. The normalized spacial score (nSPS) is 12.3. The van der Waals surface area contributed by atoms with Gasteiger partial charge in [0.15, 0.2) is 10.3 Å². The fourth-order valence-electron chi connectivity index (χ4n) is 2.57. The lowest BCUT2D eigenvalue weighted by atomic mass is 10.3. The van der Waals surface area contributed by atoms with Crippen molar-refractivity contribution in [1.82, 2.24) is 19.1 Å². The second-order valence-corrected chi connectivity index (χ2v) is 6.08. The summed E-state index contributed by atoms with van der Waals surface area (Å²) in [6.07, 6.45) is -0.917. The molecule has 0 aliphatic heterocycles. The summed E-state index contributed by atoms with van der Waals surface area (Å²) in [7, 11) is 3.08. The second-order valence-electron chi connectivity index (χ2n) is 5.70. The molecule has 26 heavy (non-hydrogen) atoms. The number of aliphatic hydroxyl groups is 1. The van der Waals surface area contributed by atoms with E-state index in [4.69, 9.17) is 21.7 Å². The van der Waals surface area contributed by atoms with E-state index in [1.165, 1.54) is 16.2 Å². The van der Waals surface area contributed by atoms with Crippen LogP contribution in [-0.4, -0.2) is 44.0 Å². The van der Waals surface area contributed by atoms with Crippen molar-refractivity contribution in [3.8, 4) is 11.5 Å². The number of fused-ring (bicyclic) bond motifs is 1. The number of methoxy groups -OCH3 is 1. The number of hydrogen-bond acceptors (Lipinski definition) is 6. The molecular formula is C16H18N4O5S. The van der Waals surface area contributed by atoms with E-state index < -0.39 is 17.4 Å². The maximum Gasteiger partial charge on any atom is 0.329 e. The maximum absolute atomic E-state index is 12.1. The minimum atomic E-state index is -0.917. The molecule has 10 heteroatoms. The minimum absolute atomic E-state index is 0.00441. The van der Waals surface area contributed by atoms with Crippen LogP contribution in [0.25, 0.3) is 11.2 Å². The van der Waals surface area contributed by atoms with Crippen LogP contribution in [0.4, 0.5) is 0 Å². The molecule has 1 unspecified atom stereocenters. The Labute approximate surface area is 152 Å². The van der Waals surface area contributed by atoms with Crippen molar-refractivity contribution in [2.75, 3.05) is 13.7 Å². The molecule has 0 amide bonds. The number of hydrogen-bond donors (Lipinski definition) is 3. The van der Waals surface area contributed by atoms with Gasteiger partial charge in [-0.3, -0.25) is 14.3 Å². The number of aryl methyl sites for hydroxylation is 1. The van der Waals surface area contributed by atoms with Gasteiger partial charge in [-0.25, -0.2) is 4.79 Å². The van der Waals surface area contributed by atoms with E-state index in [0.29, 0.717) is 17.1 Å². The predicted molar refractivity (Wildman–Crippen MR) is 97.5 cm³/mol. The molecule has 0 fully saturated rings. The number of H-pyrrole nitrogens is 2. The molecule has 3 rings (SSSR count). The van der Waals surface area contributed by atoms with E-state index in [0.717, 1.165) is 0 Å². The van der Waals surface area contributed by atoms with Gasteiger partial charge in [0.1, 0.15) is 29.9 Å². The van der Waals surface area contributed by atoms with Crippen LogP contribution in [-0.2, 0) is 13.6 Å². The smallest absolute Gasteiger partial charge is 0.329 e. The molecular weight excluding hydrogens is 360 g/mol. The molecule has 3 aromatic rings. The van der Waals surface area contributed by atoms with Crippen LogP contribution in [0.5, 0.6) is 11.5 Å². The van der Waals surface area contributed by atoms with Gasteiger partial charge in [0, 0.05) is 7.05 Å². The molecule has 0 radical (unpaired) electrons. The highest BCUT2D eigenvalue weighted by atomic mass is 32.1. The summed E-state index contributed by atoms with van der Waals surface area (Å²) in [5.74, 6) is 1.28.